The molecule has 130 valence electrons. The van der Waals surface area contributed by atoms with E-state index in [-0.39, 0.29) is 5.91 Å². The summed E-state index contributed by atoms with van der Waals surface area (Å²) in [6.07, 6.45) is 12.9. The Labute approximate surface area is 145 Å². The van der Waals surface area contributed by atoms with E-state index in [0.717, 1.165) is 24.9 Å². The summed E-state index contributed by atoms with van der Waals surface area (Å²) in [5, 5.41) is 7.15. The molecule has 23 heavy (non-hydrogen) atoms. The molecule has 4 nitrogen and oxygen atoms in total. The van der Waals surface area contributed by atoms with Gasteiger partial charge in [-0.05, 0) is 49.7 Å². The van der Waals surface area contributed by atoms with Crippen molar-refractivity contribution in [3.63, 3.8) is 0 Å². The van der Waals surface area contributed by atoms with E-state index >= 15 is 0 Å². The van der Waals surface area contributed by atoms with Crippen molar-refractivity contribution in [2.24, 2.45) is 11.8 Å². The number of rotatable bonds is 3. The maximum atomic E-state index is 12.4. The highest BCUT2D eigenvalue weighted by atomic mass is 32.1. The Balaban J connectivity index is 1.37. The summed E-state index contributed by atoms with van der Waals surface area (Å²) >= 11 is 5.35. The van der Waals surface area contributed by atoms with Crippen molar-refractivity contribution in [1.29, 1.82) is 0 Å². The number of thiocarbonyl (C=S) groups is 1. The lowest BCUT2D eigenvalue weighted by Crippen LogP contribution is -2.50. The Kier molecular flexibility index (Phi) is 6.15. The van der Waals surface area contributed by atoms with Crippen LogP contribution >= 0.6 is 12.2 Å². The molecule has 3 rings (SSSR count). The zero-order valence-corrected chi connectivity index (χ0v) is 15.0. The van der Waals surface area contributed by atoms with E-state index in [1.54, 1.807) is 0 Å². The zero-order chi connectivity index (χ0) is 16.1. The number of amides is 1. The van der Waals surface area contributed by atoms with Crippen LogP contribution in [0, 0.1) is 11.8 Å². The maximum absolute atomic E-state index is 12.4. The summed E-state index contributed by atoms with van der Waals surface area (Å²) in [4.78, 5) is 14.5. The number of nitrogens with one attached hydrogen (secondary N) is 2. The summed E-state index contributed by atoms with van der Waals surface area (Å²) in [5.74, 6) is 1.82. The van der Waals surface area contributed by atoms with Crippen LogP contribution in [-0.2, 0) is 4.79 Å². The van der Waals surface area contributed by atoms with Gasteiger partial charge in [0.1, 0.15) is 0 Å². The SMILES string of the molecule is O=C(CNC(=S)NC1CCCCC1)N1CCC2CCCCC2C1. The number of hydrogen-bond acceptors (Lipinski definition) is 2. The number of hydrogen-bond donors (Lipinski definition) is 2. The average Bonchev–Trinajstić information content (AvgIpc) is 2.60. The quantitative estimate of drug-likeness (QED) is 0.777. The third kappa shape index (κ3) is 4.82. The fourth-order valence-corrected chi connectivity index (χ4v) is 4.82. The van der Waals surface area contributed by atoms with Gasteiger partial charge in [0.2, 0.25) is 5.91 Å². The Morgan fingerprint density at radius 3 is 2.43 bits per heavy atom. The van der Waals surface area contributed by atoms with Gasteiger partial charge in [0.05, 0.1) is 6.54 Å². The van der Waals surface area contributed by atoms with Crippen LogP contribution in [0.3, 0.4) is 0 Å². The lowest BCUT2D eigenvalue weighted by atomic mass is 9.75. The first-order valence-electron chi connectivity index (χ1n) is 9.54. The van der Waals surface area contributed by atoms with Crippen molar-refractivity contribution in [2.45, 2.75) is 70.3 Å². The molecule has 2 atom stereocenters. The molecule has 0 spiro atoms. The van der Waals surface area contributed by atoms with E-state index < -0.39 is 0 Å². The fourth-order valence-electron chi connectivity index (χ4n) is 4.58. The summed E-state index contributed by atoms with van der Waals surface area (Å²) in [7, 11) is 0. The summed E-state index contributed by atoms with van der Waals surface area (Å²) in [5.41, 5.74) is 0. The Morgan fingerprint density at radius 2 is 1.65 bits per heavy atom. The summed E-state index contributed by atoms with van der Waals surface area (Å²) in [6, 6.07) is 0.497. The predicted molar refractivity (Wildman–Crippen MR) is 97.3 cm³/mol. The van der Waals surface area contributed by atoms with Gasteiger partial charge in [0.15, 0.2) is 5.11 Å². The molecule has 5 heteroatoms. The van der Waals surface area contributed by atoms with E-state index in [2.05, 4.69) is 15.5 Å². The van der Waals surface area contributed by atoms with Crippen molar-refractivity contribution in [3.05, 3.63) is 0 Å². The minimum absolute atomic E-state index is 0.210. The van der Waals surface area contributed by atoms with Crippen LogP contribution in [-0.4, -0.2) is 41.6 Å². The van der Waals surface area contributed by atoms with Crippen LogP contribution in [0.1, 0.15) is 64.2 Å². The van der Waals surface area contributed by atoms with Crippen molar-refractivity contribution in [1.82, 2.24) is 15.5 Å². The van der Waals surface area contributed by atoms with Gasteiger partial charge in [-0.2, -0.15) is 0 Å². The van der Waals surface area contributed by atoms with Gasteiger partial charge in [0.25, 0.3) is 0 Å². The Bertz CT molecular complexity index is 422. The maximum Gasteiger partial charge on any atom is 0.241 e. The highest BCUT2D eigenvalue weighted by Crippen LogP contribution is 2.35. The molecule has 2 unspecified atom stereocenters. The van der Waals surface area contributed by atoms with Gasteiger partial charge >= 0.3 is 0 Å². The monoisotopic (exact) mass is 337 g/mol. The minimum atomic E-state index is 0.210. The first-order chi connectivity index (χ1) is 11.2. The van der Waals surface area contributed by atoms with Gasteiger partial charge in [-0.3, -0.25) is 4.79 Å². The molecule has 1 amide bonds. The number of fused-ring (bicyclic) bond motifs is 1. The molecule has 2 saturated carbocycles. The molecule has 0 radical (unpaired) electrons. The van der Waals surface area contributed by atoms with Gasteiger partial charge in [0, 0.05) is 19.1 Å². The molecule has 3 fully saturated rings. The molecule has 0 aromatic carbocycles. The van der Waals surface area contributed by atoms with E-state index in [4.69, 9.17) is 12.2 Å². The van der Waals surface area contributed by atoms with Crippen LogP contribution in [0.25, 0.3) is 0 Å². The lowest BCUT2D eigenvalue weighted by molar-refractivity contribution is -0.133. The number of carbonyl (C=O) groups excluding carboxylic acids is 1. The van der Waals surface area contributed by atoms with E-state index in [9.17, 15) is 4.79 Å². The molecular formula is C18H31N3OS. The predicted octanol–water partition coefficient (Wildman–Crippen LogP) is 2.82. The molecule has 1 aliphatic heterocycles. The molecule has 0 aromatic heterocycles. The molecule has 3 aliphatic rings. The second-order valence-corrected chi connectivity index (χ2v) is 8.00. The van der Waals surface area contributed by atoms with Crippen LogP contribution in [0.4, 0.5) is 0 Å². The highest BCUT2D eigenvalue weighted by molar-refractivity contribution is 7.80. The molecule has 0 aromatic rings. The second-order valence-electron chi connectivity index (χ2n) is 7.59. The molecule has 1 heterocycles. The molecule has 1 saturated heterocycles. The van der Waals surface area contributed by atoms with Gasteiger partial charge in [-0.1, -0.05) is 38.5 Å². The number of nitrogens with zero attached hydrogens (tertiary/aromatic N) is 1. The standard InChI is InChI=1S/C18H31N3OS/c22-17(12-19-18(23)20-16-8-2-1-3-9-16)21-11-10-14-6-4-5-7-15(14)13-21/h14-16H,1-13H2,(H2,19,20,23). The van der Waals surface area contributed by atoms with Crippen molar-refractivity contribution >= 4 is 23.2 Å². The Morgan fingerprint density at radius 1 is 0.957 bits per heavy atom. The fraction of sp³-hybridized carbons (Fsp3) is 0.889. The minimum Gasteiger partial charge on any atom is -0.360 e. The molecular weight excluding hydrogens is 306 g/mol. The zero-order valence-electron chi connectivity index (χ0n) is 14.2. The van der Waals surface area contributed by atoms with Gasteiger partial charge < -0.3 is 15.5 Å². The molecule has 2 N–H and O–H groups in total. The first-order valence-corrected chi connectivity index (χ1v) is 9.95. The van der Waals surface area contributed by atoms with Crippen LogP contribution in [0.5, 0.6) is 0 Å². The third-order valence-electron chi connectivity index (χ3n) is 5.98. The summed E-state index contributed by atoms with van der Waals surface area (Å²) in [6.45, 7) is 2.24. The van der Waals surface area contributed by atoms with Crippen LogP contribution in [0.2, 0.25) is 0 Å². The van der Waals surface area contributed by atoms with Gasteiger partial charge in [-0.25, -0.2) is 0 Å². The summed E-state index contributed by atoms with van der Waals surface area (Å²) < 4.78 is 0. The average molecular weight is 338 g/mol. The smallest absolute Gasteiger partial charge is 0.241 e. The van der Waals surface area contributed by atoms with E-state index in [1.807, 2.05) is 0 Å². The number of likely N-dealkylation sites (tertiary alicyclic amines) is 1. The van der Waals surface area contributed by atoms with E-state index in [1.165, 1.54) is 64.2 Å². The number of carbonyl (C=O) groups is 1. The lowest BCUT2D eigenvalue weighted by Gasteiger charge is -2.41. The van der Waals surface area contributed by atoms with E-state index in [0.29, 0.717) is 17.7 Å². The van der Waals surface area contributed by atoms with Crippen molar-refractivity contribution in [3.8, 4) is 0 Å². The van der Waals surface area contributed by atoms with Crippen molar-refractivity contribution < 1.29 is 4.79 Å². The second kappa shape index (κ2) is 8.32. The van der Waals surface area contributed by atoms with Gasteiger partial charge in [-0.15, -0.1) is 0 Å². The molecule has 2 aliphatic carbocycles. The van der Waals surface area contributed by atoms with Crippen LogP contribution in [0.15, 0.2) is 0 Å². The highest BCUT2D eigenvalue weighted by Gasteiger charge is 2.32. The number of piperidine rings is 1. The topological polar surface area (TPSA) is 44.4 Å². The normalized spacial score (nSPS) is 28.8. The third-order valence-corrected chi connectivity index (χ3v) is 6.25. The van der Waals surface area contributed by atoms with Crippen molar-refractivity contribution in [2.75, 3.05) is 19.6 Å². The first kappa shape index (κ1) is 17.0. The Hall–Kier alpha value is -0.840. The molecule has 0 bridgehead atoms. The van der Waals surface area contributed by atoms with Crippen LogP contribution < -0.4 is 10.6 Å². The largest absolute Gasteiger partial charge is 0.360 e.